The molecule has 96 valence electrons. The number of hydrogen-bond donors (Lipinski definition) is 2. The third kappa shape index (κ3) is 4.15. The van der Waals surface area contributed by atoms with Crippen molar-refractivity contribution < 1.29 is 9.84 Å². The molecule has 1 heterocycles. The highest BCUT2D eigenvalue weighted by molar-refractivity contribution is 5.33. The smallest absolute Gasteiger partial charge is 0.0815 e. The predicted octanol–water partition coefficient (Wildman–Crippen LogP) is 1.17. The molecule has 0 aliphatic carbocycles. The van der Waals surface area contributed by atoms with Crippen molar-refractivity contribution in [2.24, 2.45) is 0 Å². The lowest BCUT2D eigenvalue weighted by Gasteiger charge is -2.31. The number of nitrogens with one attached hydrogen (secondary N) is 1. The van der Waals surface area contributed by atoms with Crippen LogP contribution in [-0.2, 0) is 4.74 Å². The highest BCUT2D eigenvalue weighted by Crippen LogP contribution is 2.18. The maximum Gasteiger partial charge on any atom is 0.0815 e. The zero-order chi connectivity index (χ0) is 12.7. The number of hydrogen-bond acceptors (Lipinski definition) is 3. The van der Waals surface area contributed by atoms with E-state index in [-0.39, 0.29) is 0 Å². The standard InChI is InChI=1S/C15H19NO2/c17-15(8-11-18-12-9-15)13-16-10-4-7-14-5-2-1-3-6-14/h1-3,5-6,16-17H,8-13H2. The molecular weight excluding hydrogens is 226 g/mol. The summed E-state index contributed by atoms with van der Waals surface area (Å²) < 4.78 is 5.23. The Morgan fingerprint density at radius 1 is 1.22 bits per heavy atom. The third-order valence-corrected chi connectivity index (χ3v) is 3.10. The van der Waals surface area contributed by atoms with Gasteiger partial charge in [0.25, 0.3) is 0 Å². The molecule has 0 saturated carbocycles. The van der Waals surface area contributed by atoms with E-state index in [1.54, 1.807) is 0 Å². The maximum absolute atomic E-state index is 10.2. The lowest BCUT2D eigenvalue weighted by molar-refractivity contribution is -0.0610. The fraction of sp³-hybridized carbons (Fsp3) is 0.467. The molecule has 18 heavy (non-hydrogen) atoms. The molecular formula is C15H19NO2. The van der Waals surface area contributed by atoms with Crippen LogP contribution in [0.5, 0.6) is 0 Å². The molecule has 1 aliphatic heterocycles. The zero-order valence-electron chi connectivity index (χ0n) is 10.5. The predicted molar refractivity (Wildman–Crippen MR) is 71.2 cm³/mol. The van der Waals surface area contributed by atoms with Gasteiger partial charge in [-0.2, -0.15) is 0 Å². The van der Waals surface area contributed by atoms with Crippen LogP contribution in [0.15, 0.2) is 30.3 Å². The van der Waals surface area contributed by atoms with Crippen LogP contribution in [0.2, 0.25) is 0 Å². The van der Waals surface area contributed by atoms with Crippen molar-refractivity contribution in [2.45, 2.75) is 18.4 Å². The van der Waals surface area contributed by atoms with E-state index in [0.717, 1.165) is 5.56 Å². The quantitative estimate of drug-likeness (QED) is 0.620. The van der Waals surface area contributed by atoms with Gasteiger partial charge >= 0.3 is 0 Å². The van der Waals surface area contributed by atoms with Crippen molar-refractivity contribution in [3.63, 3.8) is 0 Å². The summed E-state index contributed by atoms with van der Waals surface area (Å²) in [5.41, 5.74) is 0.399. The van der Waals surface area contributed by atoms with E-state index in [1.807, 2.05) is 30.3 Å². The molecule has 3 heteroatoms. The fourth-order valence-corrected chi connectivity index (χ4v) is 1.95. The minimum atomic E-state index is -0.618. The molecule has 0 bridgehead atoms. The number of aliphatic hydroxyl groups is 1. The van der Waals surface area contributed by atoms with E-state index in [0.29, 0.717) is 39.1 Å². The van der Waals surface area contributed by atoms with Crippen molar-refractivity contribution >= 4 is 0 Å². The van der Waals surface area contributed by atoms with Gasteiger partial charge in [-0.1, -0.05) is 30.0 Å². The molecule has 2 N–H and O–H groups in total. The molecule has 1 aromatic carbocycles. The number of benzene rings is 1. The SMILES string of the molecule is OC1(CNCC#Cc2ccccc2)CCOCC1. The zero-order valence-corrected chi connectivity index (χ0v) is 10.5. The first kappa shape index (κ1) is 13.1. The van der Waals surface area contributed by atoms with E-state index in [4.69, 9.17) is 4.74 Å². The van der Waals surface area contributed by atoms with Crippen LogP contribution < -0.4 is 5.32 Å². The molecule has 0 radical (unpaired) electrons. The lowest BCUT2D eigenvalue weighted by atomic mass is 9.94. The van der Waals surface area contributed by atoms with Crippen LogP contribution >= 0.6 is 0 Å². The lowest BCUT2D eigenvalue weighted by Crippen LogP contribution is -2.45. The van der Waals surface area contributed by atoms with Crippen LogP contribution in [0.1, 0.15) is 18.4 Å². The molecule has 0 unspecified atom stereocenters. The second-order valence-electron chi connectivity index (χ2n) is 4.61. The van der Waals surface area contributed by atoms with Crippen LogP contribution in [0.25, 0.3) is 0 Å². The van der Waals surface area contributed by atoms with Gasteiger partial charge in [-0.25, -0.2) is 0 Å². The minimum absolute atomic E-state index is 0.583. The van der Waals surface area contributed by atoms with Gasteiger partial charge in [-0.15, -0.1) is 0 Å². The Hall–Kier alpha value is -1.34. The van der Waals surface area contributed by atoms with Crippen LogP contribution in [-0.4, -0.2) is 37.0 Å². The van der Waals surface area contributed by atoms with Crippen molar-refractivity contribution in [1.82, 2.24) is 5.32 Å². The Morgan fingerprint density at radius 3 is 2.67 bits per heavy atom. The first-order valence-corrected chi connectivity index (χ1v) is 6.33. The van der Waals surface area contributed by atoms with Crippen molar-refractivity contribution in [1.29, 1.82) is 0 Å². The third-order valence-electron chi connectivity index (χ3n) is 3.10. The summed E-state index contributed by atoms with van der Waals surface area (Å²) in [6.07, 6.45) is 1.40. The molecule has 1 fully saturated rings. The van der Waals surface area contributed by atoms with Crippen LogP contribution in [0.3, 0.4) is 0 Å². The Balaban J connectivity index is 1.71. The number of rotatable bonds is 3. The maximum atomic E-state index is 10.2. The van der Waals surface area contributed by atoms with E-state index in [2.05, 4.69) is 17.2 Å². The summed E-state index contributed by atoms with van der Waals surface area (Å²) in [4.78, 5) is 0. The van der Waals surface area contributed by atoms with Gasteiger partial charge in [0.2, 0.25) is 0 Å². The summed E-state index contributed by atoms with van der Waals surface area (Å²) in [6.45, 7) is 2.47. The summed E-state index contributed by atoms with van der Waals surface area (Å²) in [6, 6.07) is 9.90. The molecule has 0 amide bonds. The Morgan fingerprint density at radius 2 is 1.94 bits per heavy atom. The second kappa shape index (κ2) is 6.55. The molecule has 0 spiro atoms. The molecule has 3 nitrogen and oxygen atoms in total. The summed E-state index contributed by atoms with van der Waals surface area (Å²) in [5.74, 6) is 6.13. The largest absolute Gasteiger partial charge is 0.388 e. The highest BCUT2D eigenvalue weighted by Gasteiger charge is 2.28. The highest BCUT2D eigenvalue weighted by atomic mass is 16.5. The average molecular weight is 245 g/mol. The first-order chi connectivity index (χ1) is 8.79. The van der Waals surface area contributed by atoms with E-state index < -0.39 is 5.60 Å². The molecule has 0 aromatic heterocycles. The molecule has 1 saturated heterocycles. The van der Waals surface area contributed by atoms with E-state index >= 15 is 0 Å². The van der Waals surface area contributed by atoms with Crippen LogP contribution in [0.4, 0.5) is 0 Å². The summed E-state index contributed by atoms with van der Waals surface area (Å²) in [5, 5.41) is 13.4. The molecule has 2 rings (SSSR count). The topological polar surface area (TPSA) is 41.5 Å². The molecule has 1 aromatic rings. The van der Waals surface area contributed by atoms with E-state index in [1.165, 1.54) is 0 Å². The van der Waals surface area contributed by atoms with Gasteiger partial charge in [-0.05, 0) is 12.1 Å². The van der Waals surface area contributed by atoms with Gasteiger partial charge in [0.15, 0.2) is 0 Å². The van der Waals surface area contributed by atoms with Crippen molar-refractivity contribution in [3.05, 3.63) is 35.9 Å². The van der Waals surface area contributed by atoms with Gasteiger partial charge in [-0.3, -0.25) is 0 Å². The van der Waals surface area contributed by atoms with E-state index in [9.17, 15) is 5.11 Å². The Kier molecular flexibility index (Phi) is 4.77. The first-order valence-electron chi connectivity index (χ1n) is 6.33. The Bertz CT molecular complexity index is 413. The van der Waals surface area contributed by atoms with Crippen LogP contribution in [0, 0.1) is 11.8 Å². The second-order valence-corrected chi connectivity index (χ2v) is 4.61. The van der Waals surface area contributed by atoms with Gasteiger partial charge < -0.3 is 15.2 Å². The molecule has 1 aliphatic rings. The summed E-state index contributed by atoms with van der Waals surface area (Å²) in [7, 11) is 0. The van der Waals surface area contributed by atoms with Gasteiger partial charge in [0, 0.05) is 38.2 Å². The average Bonchev–Trinajstić information content (AvgIpc) is 2.40. The van der Waals surface area contributed by atoms with Crippen molar-refractivity contribution in [3.8, 4) is 11.8 Å². The summed E-state index contributed by atoms with van der Waals surface area (Å²) >= 11 is 0. The Labute approximate surface area is 108 Å². The monoisotopic (exact) mass is 245 g/mol. The van der Waals surface area contributed by atoms with Gasteiger partial charge in [0.05, 0.1) is 12.1 Å². The normalized spacial score (nSPS) is 17.8. The number of ether oxygens (including phenoxy) is 1. The van der Waals surface area contributed by atoms with Crippen molar-refractivity contribution in [2.75, 3.05) is 26.3 Å². The fourth-order valence-electron chi connectivity index (χ4n) is 1.95. The van der Waals surface area contributed by atoms with Gasteiger partial charge in [0.1, 0.15) is 0 Å². The molecule has 0 atom stereocenters. The minimum Gasteiger partial charge on any atom is -0.388 e.